The number of anilines is 1. The zero-order valence-electron chi connectivity index (χ0n) is 34.5. The van der Waals surface area contributed by atoms with E-state index in [9.17, 15) is 14.0 Å². The average Bonchev–Trinajstić information content (AvgIpc) is 3.81. The van der Waals surface area contributed by atoms with Gasteiger partial charge in [-0.1, -0.05) is 106 Å². The molecule has 9 nitrogen and oxygen atoms in total. The van der Waals surface area contributed by atoms with E-state index in [1.807, 2.05) is 53.1 Å². The number of rotatable bonds is 11. The predicted octanol–water partition coefficient (Wildman–Crippen LogP) is 8.62. The maximum Gasteiger partial charge on any atom is 0.410 e. The van der Waals surface area contributed by atoms with Gasteiger partial charge in [-0.15, -0.1) is 0 Å². The van der Waals surface area contributed by atoms with Crippen LogP contribution in [0.5, 0.6) is 5.75 Å². The van der Waals surface area contributed by atoms with Gasteiger partial charge in [-0.05, 0) is 83.9 Å². The molecule has 0 bridgehead atoms. The second-order valence-electron chi connectivity index (χ2n) is 17.1. The molecule has 1 aliphatic heterocycles. The van der Waals surface area contributed by atoms with Crippen molar-refractivity contribution >= 4 is 47.2 Å². The van der Waals surface area contributed by atoms with Crippen molar-refractivity contribution in [2.24, 2.45) is 0 Å². The first-order valence-corrected chi connectivity index (χ1v) is 21.9. The number of carbonyl (C=O) groups is 2. The summed E-state index contributed by atoms with van der Waals surface area (Å²) in [7, 11) is -2.94. The third-order valence-corrected chi connectivity index (χ3v) is 15.9. The standard InChI is InChI=1S/C48H50FN5O4Si/c1-47(2,3)57-46(56)54(26-24-37-31-51-33-52(37)32-34-20-21-36(30-50)42(49)28-34)44-25-27-53(45(44)55)43-19-13-14-35-22-23-38(29-41(35)43)58-59(48(4,5)6,39-15-9-7-10-16-39)40-17-11-8-12-18-40/h7-23,28-29,31,33,44H,24-27,32H2,1-6H3/t44-/m0/s1. The van der Waals surface area contributed by atoms with Gasteiger partial charge in [0.25, 0.3) is 0 Å². The van der Waals surface area contributed by atoms with E-state index in [0.29, 0.717) is 31.5 Å². The number of hydrogen-bond donors (Lipinski definition) is 0. The summed E-state index contributed by atoms with van der Waals surface area (Å²) in [5.74, 6) is -0.0531. The molecule has 7 rings (SSSR count). The van der Waals surface area contributed by atoms with Crippen molar-refractivity contribution in [1.29, 1.82) is 5.26 Å². The second kappa shape index (κ2) is 16.5. The van der Waals surface area contributed by atoms with Gasteiger partial charge in [-0.2, -0.15) is 5.26 Å². The summed E-state index contributed by atoms with van der Waals surface area (Å²) >= 11 is 0. The molecule has 1 aromatic heterocycles. The van der Waals surface area contributed by atoms with Crippen LogP contribution in [0, 0.1) is 17.1 Å². The van der Waals surface area contributed by atoms with Gasteiger partial charge in [0.05, 0.1) is 17.6 Å². The number of amides is 2. The monoisotopic (exact) mass is 807 g/mol. The molecule has 1 aliphatic rings. The van der Waals surface area contributed by atoms with Crippen LogP contribution in [-0.2, 0) is 22.5 Å². The van der Waals surface area contributed by atoms with Gasteiger partial charge in [0, 0.05) is 43.3 Å². The molecule has 0 radical (unpaired) electrons. The molecule has 0 saturated carbocycles. The first-order valence-electron chi connectivity index (χ1n) is 20.0. The molecule has 5 aromatic carbocycles. The molecule has 2 heterocycles. The van der Waals surface area contributed by atoms with E-state index < -0.39 is 31.9 Å². The summed E-state index contributed by atoms with van der Waals surface area (Å²) in [4.78, 5) is 36.1. The number of imidazole rings is 1. The number of fused-ring (bicyclic) bond motifs is 1. The van der Waals surface area contributed by atoms with E-state index in [1.165, 1.54) is 17.0 Å². The molecule has 59 heavy (non-hydrogen) atoms. The number of halogens is 1. The van der Waals surface area contributed by atoms with Gasteiger partial charge in [-0.25, -0.2) is 14.2 Å². The minimum atomic E-state index is -2.94. The average molecular weight is 808 g/mol. The summed E-state index contributed by atoms with van der Waals surface area (Å²) in [6.07, 6.45) is 3.57. The summed E-state index contributed by atoms with van der Waals surface area (Å²) < 4.78 is 29.6. The van der Waals surface area contributed by atoms with Crippen molar-refractivity contribution in [3.8, 4) is 11.8 Å². The Morgan fingerprint density at radius 1 is 0.915 bits per heavy atom. The van der Waals surface area contributed by atoms with Crippen molar-refractivity contribution in [2.45, 2.75) is 77.6 Å². The molecular weight excluding hydrogens is 758 g/mol. The molecule has 1 saturated heterocycles. The number of carbonyl (C=O) groups excluding carboxylic acids is 2. The Labute approximate surface area is 346 Å². The minimum absolute atomic E-state index is 0.0181. The minimum Gasteiger partial charge on any atom is -0.534 e. The lowest BCUT2D eigenvalue weighted by molar-refractivity contribution is -0.121. The Kier molecular flexibility index (Phi) is 11.5. The highest BCUT2D eigenvalue weighted by Crippen LogP contribution is 2.40. The number of ether oxygens (including phenoxy) is 1. The van der Waals surface area contributed by atoms with Crippen LogP contribution in [0.1, 0.15) is 64.8 Å². The van der Waals surface area contributed by atoms with Crippen LogP contribution in [0.3, 0.4) is 0 Å². The molecule has 11 heteroatoms. The number of benzene rings is 5. The molecule has 0 aliphatic carbocycles. The van der Waals surface area contributed by atoms with Crippen LogP contribution in [0.4, 0.5) is 14.9 Å². The van der Waals surface area contributed by atoms with Gasteiger partial charge in [0.2, 0.25) is 5.91 Å². The Balaban J connectivity index is 1.18. The highest BCUT2D eigenvalue weighted by atomic mass is 28.4. The third-order valence-electron chi connectivity index (χ3n) is 10.9. The topological polar surface area (TPSA) is 101 Å². The van der Waals surface area contributed by atoms with E-state index >= 15 is 0 Å². The van der Waals surface area contributed by atoms with E-state index in [1.54, 1.807) is 44.3 Å². The van der Waals surface area contributed by atoms with Crippen LogP contribution >= 0.6 is 0 Å². The van der Waals surface area contributed by atoms with Gasteiger partial charge in [-0.3, -0.25) is 9.69 Å². The van der Waals surface area contributed by atoms with E-state index in [0.717, 1.165) is 38.3 Å². The SMILES string of the molecule is CC(C)(C)OC(=O)N(CCc1cncn1Cc1ccc(C#N)c(F)c1)[C@H]1CCN(c2cccc3ccc(O[Si](c4ccccc4)(c4ccccc4)C(C)(C)C)cc23)C1=O. The van der Waals surface area contributed by atoms with Crippen LogP contribution < -0.4 is 19.7 Å². The van der Waals surface area contributed by atoms with Crippen molar-refractivity contribution in [3.05, 3.63) is 150 Å². The molecule has 2 amide bonds. The summed E-state index contributed by atoms with van der Waals surface area (Å²) in [5, 5.41) is 13.1. The van der Waals surface area contributed by atoms with Crippen molar-refractivity contribution < 1.29 is 23.1 Å². The molecule has 1 atom stereocenters. The Bertz CT molecular complexity index is 2470. The highest BCUT2D eigenvalue weighted by molar-refractivity contribution is 7.00. The normalized spacial score (nSPS) is 14.6. The van der Waals surface area contributed by atoms with Gasteiger partial charge in [0.1, 0.15) is 29.3 Å². The number of aromatic nitrogens is 2. The maximum absolute atomic E-state index is 14.6. The lowest BCUT2D eigenvalue weighted by atomic mass is 10.1. The number of nitrogens with zero attached hydrogens (tertiary/aromatic N) is 5. The first-order chi connectivity index (χ1) is 28.2. The predicted molar refractivity (Wildman–Crippen MR) is 232 cm³/mol. The molecule has 1 fully saturated rings. The molecule has 6 aromatic rings. The molecule has 0 N–H and O–H groups in total. The molecule has 302 valence electrons. The zero-order valence-corrected chi connectivity index (χ0v) is 35.5. The number of hydrogen-bond acceptors (Lipinski definition) is 6. The smallest absolute Gasteiger partial charge is 0.410 e. The summed E-state index contributed by atoms with van der Waals surface area (Å²) in [5.41, 5.74) is 1.42. The Hall–Kier alpha value is -6.25. The highest BCUT2D eigenvalue weighted by Gasteiger charge is 2.52. The fourth-order valence-electron chi connectivity index (χ4n) is 8.13. The van der Waals surface area contributed by atoms with Gasteiger partial charge in [0.15, 0.2) is 0 Å². The van der Waals surface area contributed by atoms with Crippen molar-refractivity contribution in [2.75, 3.05) is 18.0 Å². The van der Waals surface area contributed by atoms with E-state index in [-0.39, 0.29) is 23.1 Å². The first kappa shape index (κ1) is 40.9. The lowest BCUT2D eigenvalue weighted by Gasteiger charge is -2.43. The molecule has 0 spiro atoms. The van der Waals surface area contributed by atoms with E-state index in [2.05, 4.69) is 80.4 Å². The lowest BCUT2D eigenvalue weighted by Crippen LogP contribution is -2.68. The zero-order chi connectivity index (χ0) is 42.0. The van der Waals surface area contributed by atoms with Gasteiger partial charge < -0.3 is 18.6 Å². The molecule has 0 unspecified atom stereocenters. The second-order valence-corrected chi connectivity index (χ2v) is 21.3. The molecular formula is C48H50FN5O4Si. The van der Waals surface area contributed by atoms with Crippen molar-refractivity contribution in [1.82, 2.24) is 14.5 Å². The largest absolute Gasteiger partial charge is 0.534 e. The van der Waals surface area contributed by atoms with Crippen molar-refractivity contribution in [3.63, 3.8) is 0 Å². The summed E-state index contributed by atoms with van der Waals surface area (Å²) in [6.45, 7) is 13.1. The van der Waals surface area contributed by atoms with Crippen LogP contribution in [0.15, 0.2) is 128 Å². The van der Waals surface area contributed by atoms with E-state index in [4.69, 9.17) is 14.4 Å². The fraction of sp³-hybridized carbons (Fsp3) is 0.292. The quantitative estimate of drug-likeness (QED) is 0.122. The Morgan fingerprint density at radius 2 is 1.61 bits per heavy atom. The fourth-order valence-corrected chi connectivity index (χ4v) is 12.5. The third kappa shape index (κ3) is 8.50. The van der Waals surface area contributed by atoms with Crippen LogP contribution in [-0.4, -0.2) is 59.5 Å². The maximum atomic E-state index is 14.6. The van der Waals surface area contributed by atoms with Crippen LogP contribution in [0.2, 0.25) is 5.04 Å². The van der Waals surface area contributed by atoms with Crippen LogP contribution in [0.25, 0.3) is 10.8 Å². The number of nitriles is 1. The van der Waals surface area contributed by atoms with Gasteiger partial charge >= 0.3 is 14.4 Å². The Morgan fingerprint density at radius 3 is 2.24 bits per heavy atom. The summed E-state index contributed by atoms with van der Waals surface area (Å²) in [6, 6.07) is 38.7.